The van der Waals surface area contributed by atoms with Gasteiger partial charge >= 0.3 is 11.7 Å². The Bertz CT molecular complexity index is 1030. The largest absolute Gasteiger partial charge is 0.465 e. The van der Waals surface area contributed by atoms with Crippen LogP contribution in [0.25, 0.3) is 16.6 Å². The molecule has 3 rings (SSSR count). The van der Waals surface area contributed by atoms with Crippen molar-refractivity contribution in [2.24, 2.45) is 0 Å². The number of nitrogens with zero attached hydrogens (tertiary/aromatic N) is 1. The number of benzene rings is 2. The highest BCUT2D eigenvalue weighted by Gasteiger charge is 2.13. The summed E-state index contributed by atoms with van der Waals surface area (Å²) in [4.78, 5) is 39.4. The van der Waals surface area contributed by atoms with Crippen molar-refractivity contribution in [3.05, 3.63) is 74.4 Å². The number of aryl methyl sites for hydroxylation is 1. The van der Waals surface area contributed by atoms with Crippen LogP contribution in [0.5, 0.6) is 0 Å². The van der Waals surface area contributed by atoms with E-state index in [9.17, 15) is 14.4 Å². The summed E-state index contributed by atoms with van der Waals surface area (Å²) in [5.41, 5.74) is 0.914. The van der Waals surface area contributed by atoms with E-state index in [0.29, 0.717) is 11.2 Å². The second-order valence-corrected chi connectivity index (χ2v) is 5.11. The number of esters is 1. The van der Waals surface area contributed by atoms with Gasteiger partial charge in [0.05, 0.1) is 29.3 Å². The number of nitrogens with one attached hydrogen (secondary N) is 1. The van der Waals surface area contributed by atoms with E-state index in [1.54, 1.807) is 12.1 Å². The summed E-state index contributed by atoms with van der Waals surface area (Å²) >= 11 is 0. The first-order chi connectivity index (χ1) is 11.0. The van der Waals surface area contributed by atoms with Crippen LogP contribution in [-0.4, -0.2) is 22.6 Å². The second-order valence-electron chi connectivity index (χ2n) is 5.11. The molecule has 1 N–H and O–H groups in total. The average molecular weight is 310 g/mol. The van der Waals surface area contributed by atoms with Crippen LogP contribution in [-0.2, 0) is 4.74 Å². The maximum Gasteiger partial charge on any atom is 0.337 e. The van der Waals surface area contributed by atoms with Crippen LogP contribution in [0.4, 0.5) is 0 Å². The van der Waals surface area contributed by atoms with Crippen molar-refractivity contribution < 1.29 is 9.53 Å². The normalized spacial score (nSPS) is 10.7. The van der Waals surface area contributed by atoms with E-state index in [-0.39, 0.29) is 10.9 Å². The monoisotopic (exact) mass is 310 g/mol. The lowest BCUT2D eigenvalue weighted by Gasteiger charge is -2.09. The van der Waals surface area contributed by atoms with Gasteiger partial charge in [0.2, 0.25) is 0 Å². The van der Waals surface area contributed by atoms with Gasteiger partial charge in [-0.05, 0) is 36.8 Å². The molecule has 23 heavy (non-hydrogen) atoms. The first-order valence-electron chi connectivity index (χ1n) is 6.96. The van der Waals surface area contributed by atoms with E-state index in [4.69, 9.17) is 0 Å². The fourth-order valence-corrected chi connectivity index (χ4v) is 2.49. The standard InChI is InChI=1S/C17H14N2O4/c1-10-5-3-4-6-14(10)19-15(20)12-9-11(16(21)23-2)7-8-13(12)18-17(19)22/h3-9H,1-2H3,(H,18,22). The third-order valence-corrected chi connectivity index (χ3v) is 3.68. The number of carbonyl (C=O) groups is 1. The van der Waals surface area contributed by atoms with Crippen LogP contribution >= 0.6 is 0 Å². The van der Waals surface area contributed by atoms with Crippen LogP contribution in [0.1, 0.15) is 15.9 Å². The van der Waals surface area contributed by atoms with E-state index in [1.807, 2.05) is 19.1 Å². The molecule has 2 aromatic carbocycles. The van der Waals surface area contributed by atoms with Gasteiger partial charge in [0.15, 0.2) is 0 Å². The van der Waals surface area contributed by atoms with Gasteiger partial charge in [-0.1, -0.05) is 18.2 Å². The topological polar surface area (TPSA) is 81.2 Å². The van der Waals surface area contributed by atoms with Crippen molar-refractivity contribution in [3.63, 3.8) is 0 Å². The third-order valence-electron chi connectivity index (χ3n) is 3.68. The molecule has 0 aliphatic heterocycles. The maximum absolute atomic E-state index is 12.8. The molecule has 0 saturated heterocycles. The predicted molar refractivity (Wildman–Crippen MR) is 86.2 cm³/mol. The number of fused-ring (bicyclic) bond motifs is 1. The first-order valence-corrected chi connectivity index (χ1v) is 6.96. The Morgan fingerprint density at radius 1 is 1.13 bits per heavy atom. The van der Waals surface area contributed by atoms with Crippen LogP contribution in [0.15, 0.2) is 52.1 Å². The minimum atomic E-state index is -0.542. The lowest BCUT2D eigenvalue weighted by Crippen LogP contribution is -2.34. The number of hydrogen-bond donors (Lipinski definition) is 1. The third kappa shape index (κ3) is 2.44. The van der Waals surface area contributed by atoms with Crippen molar-refractivity contribution in [2.75, 3.05) is 7.11 Å². The van der Waals surface area contributed by atoms with E-state index in [2.05, 4.69) is 9.72 Å². The van der Waals surface area contributed by atoms with Gasteiger partial charge in [0, 0.05) is 0 Å². The Morgan fingerprint density at radius 3 is 2.57 bits per heavy atom. The van der Waals surface area contributed by atoms with Crippen LogP contribution in [0.3, 0.4) is 0 Å². The second kappa shape index (κ2) is 5.57. The summed E-state index contributed by atoms with van der Waals surface area (Å²) in [6.45, 7) is 1.82. The quantitative estimate of drug-likeness (QED) is 0.732. The molecule has 1 aromatic heterocycles. The van der Waals surface area contributed by atoms with Gasteiger partial charge in [0.25, 0.3) is 5.56 Å². The van der Waals surface area contributed by atoms with Gasteiger partial charge in [-0.2, -0.15) is 0 Å². The number of hydrogen-bond acceptors (Lipinski definition) is 4. The molecule has 116 valence electrons. The molecular weight excluding hydrogens is 296 g/mol. The molecule has 1 heterocycles. The molecular formula is C17H14N2O4. The highest BCUT2D eigenvalue weighted by molar-refractivity contribution is 5.94. The number of para-hydroxylation sites is 1. The van der Waals surface area contributed by atoms with Gasteiger partial charge in [-0.25, -0.2) is 14.2 Å². The molecule has 0 unspecified atom stereocenters. The lowest BCUT2D eigenvalue weighted by molar-refractivity contribution is 0.0601. The molecule has 0 bridgehead atoms. The molecule has 0 saturated carbocycles. The molecule has 0 spiro atoms. The number of carbonyl (C=O) groups excluding carboxylic acids is 1. The molecule has 0 aliphatic carbocycles. The van der Waals surface area contributed by atoms with Gasteiger partial charge < -0.3 is 9.72 Å². The van der Waals surface area contributed by atoms with Crippen LogP contribution < -0.4 is 11.2 Å². The maximum atomic E-state index is 12.8. The smallest absolute Gasteiger partial charge is 0.337 e. The number of methoxy groups -OCH3 is 1. The van der Waals surface area contributed by atoms with Gasteiger partial charge in [0.1, 0.15) is 0 Å². The summed E-state index contributed by atoms with van der Waals surface area (Å²) in [5, 5.41) is 0.246. The number of aromatic amines is 1. The molecule has 6 heteroatoms. The molecule has 0 amide bonds. The Kier molecular flexibility index (Phi) is 3.57. The number of H-pyrrole nitrogens is 1. The Morgan fingerprint density at radius 2 is 1.87 bits per heavy atom. The number of ether oxygens (including phenoxy) is 1. The summed E-state index contributed by atoms with van der Waals surface area (Å²) in [6, 6.07) is 11.5. The van der Waals surface area contributed by atoms with Crippen molar-refractivity contribution >= 4 is 16.9 Å². The molecule has 0 atom stereocenters. The van der Waals surface area contributed by atoms with E-state index in [1.165, 1.54) is 25.3 Å². The van der Waals surface area contributed by atoms with Gasteiger partial charge in [-0.15, -0.1) is 0 Å². The average Bonchev–Trinajstić information content (AvgIpc) is 2.55. The number of aromatic nitrogens is 2. The molecule has 0 radical (unpaired) electrons. The molecule has 0 aliphatic rings. The predicted octanol–water partition coefficient (Wildman–Crippen LogP) is 1.77. The summed E-state index contributed by atoms with van der Waals surface area (Å²) in [6.07, 6.45) is 0. The summed E-state index contributed by atoms with van der Waals surface area (Å²) in [7, 11) is 1.27. The fraction of sp³-hybridized carbons (Fsp3) is 0.118. The SMILES string of the molecule is COC(=O)c1ccc2[nH]c(=O)n(-c3ccccc3C)c(=O)c2c1. The zero-order valence-electron chi connectivity index (χ0n) is 12.6. The van der Waals surface area contributed by atoms with Gasteiger partial charge in [-0.3, -0.25) is 4.79 Å². The van der Waals surface area contributed by atoms with E-state index < -0.39 is 17.2 Å². The summed E-state index contributed by atoms with van der Waals surface area (Å²) < 4.78 is 5.73. The van der Waals surface area contributed by atoms with E-state index in [0.717, 1.165) is 10.1 Å². The van der Waals surface area contributed by atoms with Crippen molar-refractivity contribution in [1.82, 2.24) is 9.55 Å². The molecule has 0 fully saturated rings. The minimum absolute atomic E-state index is 0.246. The summed E-state index contributed by atoms with van der Waals surface area (Å²) in [5.74, 6) is -0.542. The highest BCUT2D eigenvalue weighted by Crippen LogP contribution is 2.13. The lowest BCUT2D eigenvalue weighted by atomic mass is 10.1. The van der Waals surface area contributed by atoms with Crippen LogP contribution in [0.2, 0.25) is 0 Å². The minimum Gasteiger partial charge on any atom is -0.465 e. The first kappa shape index (κ1) is 14.8. The Hall–Kier alpha value is -3.15. The zero-order valence-corrected chi connectivity index (χ0v) is 12.6. The van der Waals surface area contributed by atoms with Crippen molar-refractivity contribution in [2.45, 2.75) is 6.92 Å². The van der Waals surface area contributed by atoms with Crippen molar-refractivity contribution in [1.29, 1.82) is 0 Å². The molecule has 6 nitrogen and oxygen atoms in total. The highest BCUT2D eigenvalue weighted by atomic mass is 16.5. The Labute approximate surface area is 131 Å². The number of rotatable bonds is 2. The fourth-order valence-electron chi connectivity index (χ4n) is 2.49. The van der Waals surface area contributed by atoms with Crippen molar-refractivity contribution in [3.8, 4) is 5.69 Å². The molecule has 3 aromatic rings. The zero-order chi connectivity index (χ0) is 16.6. The van der Waals surface area contributed by atoms with E-state index >= 15 is 0 Å². The van der Waals surface area contributed by atoms with Crippen LogP contribution in [0, 0.1) is 6.92 Å². The Balaban J connectivity index is 2.36.